The molecule has 0 aliphatic rings. The number of hydrogen-bond donors (Lipinski definition) is 2. The summed E-state index contributed by atoms with van der Waals surface area (Å²) in [7, 11) is 0. The molecule has 26 heavy (non-hydrogen) atoms. The lowest BCUT2D eigenvalue weighted by Gasteiger charge is -2.18. The summed E-state index contributed by atoms with van der Waals surface area (Å²) in [6, 6.07) is 13.1. The molecule has 2 aromatic carbocycles. The summed E-state index contributed by atoms with van der Waals surface area (Å²) in [5.74, 6) is 0.215. The fraction of sp³-hybridized carbons (Fsp3) is 0.263. The smallest absolute Gasteiger partial charge is 0.312 e. The lowest BCUT2D eigenvalue weighted by atomic mass is 10.0. The zero-order chi connectivity index (χ0) is 18.9. The van der Waals surface area contributed by atoms with E-state index in [0.29, 0.717) is 16.3 Å². The van der Waals surface area contributed by atoms with Crippen molar-refractivity contribution in [2.75, 3.05) is 13.2 Å². The maximum atomic E-state index is 12.1. The number of benzene rings is 2. The second-order valence-electron chi connectivity index (χ2n) is 5.67. The van der Waals surface area contributed by atoms with Crippen LogP contribution in [-0.2, 0) is 9.53 Å². The second-order valence-corrected chi connectivity index (χ2v) is 6.08. The molecule has 0 aliphatic heterocycles. The quantitative estimate of drug-likeness (QED) is 0.546. The van der Waals surface area contributed by atoms with Gasteiger partial charge in [-0.1, -0.05) is 47.5 Å². The van der Waals surface area contributed by atoms with E-state index in [0.717, 1.165) is 5.56 Å². The molecule has 0 spiro atoms. The number of ether oxygens (including phenoxy) is 2. The average molecular weight is 377 g/mol. The van der Waals surface area contributed by atoms with Crippen LogP contribution in [0.5, 0.6) is 5.75 Å². The van der Waals surface area contributed by atoms with E-state index < -0.39 is 18.0 Å². The van der Waals surface area contributed by atoms with Crippen LogP contribution in [0.3, 0.4) is 0 Å². The van der Waals surface area contributed by atoms with Crippen molar-refractivity contribution in [3.63, 3.8) is 0 Å². The Hall–Kier alpha value is -2.73. The normalized spacial score (nSPS) is 11.5. The van der Waals surface area contributed by atoms with Gasteiger partial charge in [-0.15, -0.1) is 0 Å². The Labute approximate surface area is 157 Å². The first kappa shape index (κ1) is 19.6. The minimum Gasteiger partial charge on any atom is -0.490 e. The Morgan fingerprint density at radius 1 is 1.12 bits per heavy atom. The summed E-state index contributed by atoms with van der Waals surface area (Å²) in [4.78, 5) is 23.3. The number of nitrogens with two attached hydrogens (primary N) is 1. The Bertz CT molecular complexity index is 749. The van der Waals surface area contributed by atoms with Crippen LogP contribution in [0.4, 0.5) is 4.79 Å². The minimum absolute atomic E-state index is 0.0861. The van der Waals surface area contributed by atoms with Crippen LogP contribution < -0.4 is 15.8 Å². The van der Waals surface area contributed by atoms with Crippen molar-refractivity contribution >= 4 is 23.6 Å². The average Bonchev–Trinajstić information content (AvgIpc) is 2.60. The molecule has 0 aromatic heterocycles. The van der Waals surface area contributed by atoms with Crippen LogP contribution in [0.1, 0.15) is 23.6 Å². The summed E-state index contributed by atoms with van der Waals surface area (Å²) < 4.78 is 10.7. The summed E-state index contributed by atoms with van der Waals surface area (Å²) in [6.07, 6.45) is -0.0861. The van der Waals surface area contributed by atoms with Gasteiger partial charge < -0.3 is 20.5 Å². The van der Waals surface area contributed by atoms with Gasteiger partial charge >= 0.3 is 12.0 Å². The molecule has 0 heterocycles. The highest BCUT2D eigenvalue weighted by Gasteiger charge is 2.20. The molecule has 3 N–H and O–H groups in total. The van der Waals surface area contributed by atoms with Crippen molar-refractivity contribution in [2.45, 2.75) is 19.4 Å². The van der Waals surface area contributed by atoms with Crippen LogP contribution in [0.25, 0.3) is 0 Å². The number of halogens is 1. The molecule has 0 bridgehead atoms. The molecule has 0 saturated carbocycles. The predicted molar refractivity (Wildman–Crippen MR) is 99.2 cm³/mol. The van der Waals surface area contributed by atoms with Gasteiger partial charge in [0.1, 0.15) is 19.0 Å². The van der Waals surface area contributed by atoms with Crippen molar-refractivity contribution in [3.8, 4) is 5.75 Å². The molecule has 7 heteroatoms. The maximum Gasteiger partial charge on any atom is 0.312 e. The number of hydrogen-bond acceptors (Lipinski definition) is 4. The Morgan fingerprint density at radius 3 is 2.46 bits per heavy atom. The second kappa shape index (κ2) is 9.68. The molecule has 1 atom stereocenters. The number of primary amides is 1. The topological polar surface area (TPSA) is 90.7 Å². The number of amides is 2. The van der Waals surface area contributed by atoms with E-state index in [4.69, 9.17) is 26.8 Å². The highest BCUT2D eigenvalue weighted by atomic mass is 35.5. The zero-order valence-electron chi connectivity index (χ0n) is 14.4. The van der Waals surface area contributed by atoms with Crippen molar-refractivity contribution < 1.29 is 19.1 Å². The SMILES string of the molecule is Cc1ccc(OCCOC(=O)C[C@@H](NC(N)=O)c2ccccc2Cl)cc1. The van der Waals surface area contributed by atoms with Crippen LogP contribution in [-0.4, -0.2) is 25.2 Å². The number of urea groups is 1. The molecule has 0 unspecified atom stereocenters. The number of aryl methyl sites for hydroxylation is 1. The minimum atomic E-state index is -0.745. The first-order valence-corrected chi connectivity index (χ1v) is 8.49. The number of rotatable bonds is 8. The van der Waals surface area contributed by atoms with Crippen molar-refractivity contribution in [1.82, 2.24) is 5.32 Å². The van der Waals surface area contributed by atoms with E-state index in [2.05, 4.69) is 5.32 Å². The van der Waals surface area contributed by atoms with E-state index in [-0.39, 0.29) is 19.6 Å². The van der Waals surface area contributed by atoms with Gasteiger partial charge in [-0.05, 0) is 30.7 Å². The Balaban J connectivity index is 1.84. The van der Waals surface area contributed by atoms with Gasteiger partial charge in [-0.25, -0.2) is 4.79 Å². The molecule has 0 saturated heterocycles. The van der Waals surface area contributed by atoms with Crippen molar-refractivity contribution in [1.29, 1.82) is 0 Å². The van der Waals surface area contributed by atoms with Gasteiger partial charge in [-0.2, -0.15) is 0 Å². The van der Waals surface area contributed by atoms with Crippen LogP contribution in [0, 0.1) is 6.92 Å². The van der Waals surface area contributed by atoms with E-state index in [1.165, 1.54) is 0 Å². The number of carbonyl (C=O) groups is 2. The van der Waals surface area contributed by atoms with Crippen molar-refractivity contribution in [3.05, 3.63) is 64.7 Å². The largest absolute Gasteiger partial charge is 0.490 e. The molecule has 2 rings (SSSR count). The van der Waals surface area contributed by atoms with Gasteiger partial charge in [0.05, 0.1) is 12.5 Å². The Kier molecular flexibility index (Phi) is 7.29. The molecule has 0 aliphatic carbocycles. The third kappa shape index (κ3) is 6.29. The van der Waals surface area contributed by atoms with Crippen LogP contribution in [0.2, 0.25) is 5.02 Å². The van der Waals surface area contributed by atoms with Gasteiger partial charge in [0.15, 0.2) is 0 Å². The zero-order valence-corrected chi connectivity index (χ0v) is 15.2. The fourth-order valence-electron chi connectivity index (χ4n) is 2.34. The molecule has 0 radical (unpaired) electrons. The van der Waals surface area contributed by atoms with E-state index in [9.17, 15) is 9.59 Å². The van der Waals surface area contributed by atoms with E-state index in [1.54, 1.807) is 24.3 Å². The van der Waals surface area contributed by atoms with Gasteiger partial charge in [0.2, 0.25) is 0 Å². The van der Waals surface area contributed by atoms with Crippen molar-refractivity contribution in [2.24, 2.45) is 5.73 Å². The monoisotopic (exact) mass is 376 g/mol. The number of esters is 1. The first-order valence-electron chi connectivity index (χ1n) is 8.11. The molecule has 6 nitrogen and oxygen atoms in total. The fourth-order valence-corrected chi connectivity index (χ4v) is 2.61. The molecular formula is C19H21ClN2O4. The lowest BCUT2D eigenvalue weighted by molar-refractivity contribution is -0.144. The van der Waals surface area contributed by atoms with Gasteiger partial charge in [0.25, 0.3) is 0 Å². The predicted octanol–water partition coefficient (Wildman–Crippen LogP) is 3.37. The summed E-state index contributed by atoms with van der Waals surface area (Å²) in [5, 5.41) is 2.94. The molecule has 2 amide bonds. The molecule has 0 fully saturated rings. The molecule has 138 valence electrons. The molecular weight excluding hydrogens is 356 g/mol. The Morgan fingerprint density at radius 2 is 1.81 bits per heavy atom. The highest BCUT2D eigenvalue weighted by molar-refractivity contribution is 6.31. The summed E-state index contributed by atoms with van der Waals surface area (Å²) in [5.41, 5.74) is 6.92. The summed E-state index contributed by atoms with van der Waals surface area (Å²) in [6.45, 7) is 2.31. The lowest BCUT2D eigenvalue weighted by Crippen LogP contribution is -2.35. The third-order valence-corrected chi connectivity index (χ3v) is 3.95. The summed E-state index contributed by atoms with van der Waals surface area (Å²) >= 11 is 6.13. The number of carbonyl (C=O) groups excluding carboxylic acids is 2. The number of nitrogens with one attached hydrogen (secondary N) is 1. The van der Waals surface area contributed by atoms with Gasteiger partial charge in [0, 0.05) is 5.02 Å². The van der Waals surface area contributed by atoms with E-state index >= 15 is 0 Å². The van der Waals surface area contributed by atoms with Gasteiger partial charge in [-0.3, -0.25) is 4.79 Å². The standard InChI is InChI=1S/C19H21ClN2O4/c1-13-6-8-14(9-7-13)25-10-11-26-18(23)12-17(22-19(21)24)15-4-2-3-5-16(15)20/h2-9,17H,10-12H2,1H3,(H3,21,22,24)/t17-/m1/s1. The first-order chi connectivity index (χ1) is 12.5. The van der Waals surface area contributed by atoms with Crippen LogP contribution in [0.15, 0.2) is 48.5 Å². The molecule has 2 aromatic rings. The maximum absolute atomic E-state index is 12.1. The third-order valence-electron chi connectivity index (χ3n) is 3.60. The highest BCUT2D eigenvalue weighted by Crippen LogP contribution is 2.25. The van der Waals surface area contributed by atoms with E-state index in [1.807, 2.05) is 31.2 Å². The van der Waals surface area contributed by atoms with Crippen LogP contribution >= 0.6 is 11.6 Å².